The second-order valence-electron chi connectivity index (χ2n) is 6.30. The van der Waals surface area contributed by atoms with Crippen LogP contribution in [0, 0.1) is 13.8 Å². The minimum Gasteiger partial charge on any atom is -0.370 e. The molecule has 1 aromatic carbocycles. The number of hydrogen-bond acceptors (Lipinski definition) is 3. The van der Waals surface area contributed by atoms with Gasteiger partial charge in [0, 0.05) is 12.1 Å². The van der Waals surface area contributed by atoms with Gasteiger partial charge in [-0.25, -0.2) is 4.68 Å². The number of aryl methyl sites for hydroxylation is 2. The highest BCUT2D eigenvalue weighted by Crippen LogP contribution is 2.36. The second kappa shape index (κ2) is 5.85. The summed E-state index contributed by atoms with van der Waals surface area (Å²) in [6.07, 6.45) is 3.53. The normalized spacial score (nSPS) is 14.2. The predicted molar refractivity (Wildman–Crippen MR) is 97.8 cm³/mol. The molecule has 0 spiro atoms. The van der Waals surface area contributed by atoms with Gasteiger partial charge in [0.05, 0.1) is 10.6 Å². The third kappa shape index (κ3) is 2.68. The van der Waals surface area contributed by atoms with Crippen molar-refractivity contribution in [2.75, 3.05) is 11.9 Å². The highest BCUT2D eigenvalue weighted by atomic mass is 32.1. The van der Waals surface area contributed by atoms with Gasteiger partial charge >= 0.3 is 0 Å². The van der Waals surface area contributed by atoms with Crippen molar-refractivity contribution < 1.29 is 0 Å². The fourth-order valence-corrected chi connectivity index (χ4v) is 4.11. The topological polar surface area (TPSA) is 29.9 Å². The smallest absolute Gasteiger partial charge is 0.133 e. The number of nitrogens with one attached hydrogen (secondary N) is 1. The molecule has 0 atom stereocenters. The largest absolute Gasteiger partial charge is 0.370 e. The first kappa shape index (κ1) is 14.5. The van der Waals surface area contributed by atoms with Gasteiger partial charge in [-0.15, -0.1) is 11.3 Å². The number of anilines is 1. The zero-order valence-corrected chi connectivity index (χ0v) is 14.4. The summed E-state index contributed by atoms with van der Waals surface area (Å²) >= 11 is 1.79. The third-order valence-corrected chi connectivity index (χ3v) is 5.39. The van der Waals surface area contributed by atoms with Crippen molar-refractivity contribution >= 4 is 17.2 Å². The number of benzene rings is 1. The molecule has 3 aromatic rings. The molecule has 1 aliphatic rings. The monoisotopic (exact) mass is 323 g/mol. The van der Waals surface area contributed by atoms with Crippen LogP contribution in [0.5, 0.6) is 0 Å². The van der Waals surface area contributed by atoms with Crippen LogP contribution in [0.25, 0.3) is 16.3 Å². The summed E-state index contributed by atoms with van der Waals surface area (Å²) in [7, 11) is 0. The average molecular weight is 323 g/mol. The van der Waals surface area contributed by atoms with E-state index in [1.165, 1.54) is 40.2 Å². The molecule has 0 unspecified atom stereocenters. The first-order valence-electron chi connectivity index (χ1n) is 8.21. The van der Waals surface area contributed by atoms with E-state index in [0.717, 1.165) is 24.3 Å². The minimum atomic E-state index is 1.02. The van der Waals surface area contributed by atoms with E-state index < -0.39 is 0 Å². The Morgan fingerprint density at radius 3 is 2.83 bits per heavy atom. The van der Waals surface area contributed by atoms with Crippen LogP contribution in [0.4, 0.5) is 5.82 Å². The Hall–Kier alpha value is -2.07. The van der Waals surface area contributed by atoms with Gasteiger partial charge in [0.2, 0.25) is 0 Å². The van der Waals surface area contributed by atoms with Gasteiger partial charge in [0.25, 0.3) is 0 Å². The maximum absolute atomic E-state index is 4.99. The Bertz CT molecular complexity index is 844. The zero-order chi connectivity index (χ0) is 15.8. The van der Waals surface area contributed by atoms with Crippen molar-refractivity contribution in [2.45, 2.75) is 33.1 Å². The molecule has 0 saturated heterocycles. The Morgan fingerprint density at radius 1 is 1.13 bits per heavy atom. The Morgan fingerprint density at radius 2 is 2.04 bits per heavy atom. The van der Waals surface area contributed by atoms with Crippen molar-refractivity contribution in [3.8, 4) is 16.3 Å². The molecule has 4 heteroatoms. The summed E-state index contributed by atoms with van der Waals surface area (Å²) in [6, 6.07) is 10.8. The Balaban J connectivity index is 1.91. The first-order chi connectivity index (χ1) is 11.2. The molecule has 1 N–H and O–H groups in total. The number of rotatable bonds is 2. The molecule has 3 heterocycles. The lowest BCUT2D eigenvalue weighted by Gasteiger charge is -2.09. The van der Waals surface area contributed by atoms with Gasteiger partial charge < -0.3 is 5.32 Å². The van der Waals surface area contributed by atoms with Crippen molar-refractivity contribution in [1.29, 1.82) is 0 Å². The average Bonchev–Trinajstić information content (AvgIpc) is 3.03. The number of fused-ring (bicyclic) bond motifs is 1. The van der Waals surface area contributed by atoms with Crippen LogP contribution < -0.4 is 5.32 Å². The van der Waals surface area contributed by atoms with E-state index in [1.807, 2.05) is 0 Å². The fourth-order valence-electron chi connectivity index (χ4n) is 3.20. The quantitative estimate of drug-likeness (QED) is 0.722. The minimum absolute atomic E-state index is 1.02. The van der Waals surface area contributed by atoms with E-state index in [1.54, 1.807) is 11.3 Å². The van der Waals surface area contributed by atoms with E-state index >= 15 is 0 Å². The fraction of sp³-hybridized carbons (Fsp3) is 0.316. The molecular formula is C19H21N3S. The molecule has 0 bridgehead atoms. The molecule has 0 saturated carbocycles. The first-order valence-corrected chi connectivity index (χ1v) is 9.08. The van der Waals surface area contributed by atoms with Gasteiger partial charge in [-0.3, -0.25) is 0 Å². The van der Waals surface area contributed by atoms with Crippen LogP contribution in [0.1, 0.15) is 29.5 Å². The van der Waals surface area contributed by atoms with E-state index in [-0.39, 0.29) is 0 Å². The van der Waals surface area contributed by atoms with Gasteiger partial charge in [0.1, 0.15) is 11.5 Å². The summed E-state index contributed by atoms with van der Waals surface area (Å²) in [5.41, 5.74) is 6.22. The number of nitrogens with zero attached hydrogens (tertiary/aromatic N) is 2. The molecule has 1 aliphatic heterocycles. The summed E-state index contributed by atoms with van der Waals surface area (Å²) in [4.78, 5) is 1.27. The van der Waals surface area contributed by atoms with Crippen LogP contribution in [-0.2, 0) is 6.42 Å². The molecule has 2 aromatic heterocycles. The van der Waals surface area contributed by atoms with Crippen LogP contribution in [0.2, 0.25) is 0 Å². The molecule has 4 rings (SSSR count). The molecule has 0 fully saturated rings. The van der Waals surface area contributed by atoms with Crippen molar-refractivity contribution in [3.63, 3.8) is 0 Å². The highest BCUT2D eigenvalue weighted by Gasteiger charge is 2.22. The van der Waals surface area contributed by atoms with Gasteiger partial charge in [-0.2, -0.15) is 5.10 Å². The van der Waals surface area contributed by atoms with E-state index in [2.05, 4.69) is 59.6 Å². The van der Waals surface area contributed by atoms with Crippen molar-refractivity contribution in [1.82, 2.24) is 9.78 Å². The third-order valence-electron chi connectivity index (χ3n) is 4.34. The molecule has 0 amide bonds. The van der Waals surface area contributed by atoms with Crippen LogP contribution in [0.3, 0.4) is 0 Å². The van der Waals surface area contributed by atoms with Crippen molar-refractivity contribution in [3.05, 3.63) is 52.4 Å². The van der Waals surface area contributed by atoms with Gasteiger partial charge in [-0.05, 0) is 67.8 Å². The SMILES string of the molecule is Cc1cccc(-n2nc(-c3cc(C)cs3)c3c2NCCCC3)c1. The lowest BCUT2D eigenvalue weighted by Crippen LogP contribution is -2.07. The maximum atomic E-state index is 4.99. The van der Waals surface area contributed by atoms with Crippen LogP contribution >= 0.6 is 11.3 Å². The lowest BCUT2D eigenvalue weighted by atomic mass is 10.1. The number of thiophene rings is 1. The number of aromatic nitrogens is 2. The zero-order valence-electron chi connectivity index (χ0n) is 13.6. The van der Waals surface area contributed by atoms with Crippen LogP contribution in [0.15, 0.2) is 35.7 Å². The van der Waals surface area contributed by atoms with Crippen molar-refractivity contribution in [2.24, 2.45) is 0 Å². The molecule has 118 valence electrons. The second-order valence-corrected chi connectivity index (χ2v) is 7.21. The van der Waals surface area contributed by atoms with Crippen LogP contribution in [-0.4, -0.2) is 16.3 Å². The number of hydrogen-bond donors (Lipinski definition) is 1. The molecule has 3 nitrogen and oxygen atoms in total. The van der Waals surface area contributed by atoms with E-state index in [9.17, 15) is 0 Å². The van der Waals surface area contributed by atoms with E-state index in [0.29, 0.717) is 0 Å². The van der Waals surface area contributed by atoms with Gasteiger partial charge in [0.15, 0.2) is 0 Å². The predicted octanol–water partition coefficient (Wildman–Crippen LogP) is 4.97. The summed E-state index contributed by atoms with van der Waals surface area (Å²) in [5, 5.41) is 10.8. The van der Waals surface area contributed by atoms with Gasteiger partial charge in [-0.1, -0.05) is 12.1 Å². The molecule has 0 radical (unpaired) electrons. The molecule has 0 aliphatic carbocycles. The summed E-state index contributed by atoms with van der Waals surface area (Å²) < 4.78 is 2.10. The highest BCUT2D eigenvalue weighted by molar-refractivity contribution is 7.13. The Kier molecular flexibility index (Phi) is 3.69. The molecule has 23 heavy (non-hydrogen) atoms. The standard InChI is InChI=1S/C19H21N3S/c1-13-6-5-7-15(10-13)22-19-16(8-3-4-9-20-19)18(21-22)17-11-14(2)12-23-17/h5-7,10-12,20H,3-4,8-9H2,1-2H3. The summed E-state index contributed by atoms with van der Waals surface area (Å²) in [6.45, 7) is 5.30. The summed E-state index contributed by atoms with van der Waals surface area (Å²) in [5.74, 6) is 1.18. The van der Waals surface area contributed by atoms with E-state index in [4.69, 9.17) is 5.10 Å². The lowest BCUT2D eigenvalue weighted by molar-refractivity contribution is 0.780. The Labute approximate surface area is 141 Å². The molecular weight excluding hydrogens is 302 g/mol. The maximum Gasteiger partial charge on any atom is 0.133 e.